The Kier molecular flexibility index (Phi) is 6.31. The molecule has 190 valence electrons. The summed E-state index contributed by atoms with van der Waals surface area (Å²) in [6.45, 7) is 3.30. The average Bonchev–Trinajstić information content (AvgIpc) is 3.75. The topological polar surface area (TPSA) is 30.7 Å². The minimum absolute atomic E-state index is 1.03. The number of benzene rings is 2. The third kappa shape index (κ3) is 4.48. The van der Waals surface area contributed by atoms with Crippen LogP contribution in [0.5, 0.6) is 0 Å². The van der Waals surface area contributed by atoms with Crippen molar-refractivity contribution in [2.75, 3.05) is 0 Å². The molecule has 5 heterocycles. The zero-order valence-corrected chi connectivity index (χ0v) is 23.3. The third-order valence-corrected chi connectivity index (χ3v) is 9.68. The third-order valence-electron chi connectivity index (χ3n) is 7.31. The molecule has 0 saturated heterocycles. The number of hydrogen-bond donors (Lipinski definition) is 0. The molecule has 0 spiro atoms. The Balaban J connectivity index is 1.34. The minimum Gasteiger partial charge on any atom is -0.340 e. The Morgan fingerprint density at radius 3 is 1.41 bits per heavy atom. The van der Waals surface area contributed by atoms with Crippen molar-refractivity contribution in [3.8, 4) is 41.8 Å². The molecule has 5 aromatic heterocycles. The molecular weight excluding hydrogens is 515 g/mol. The number of aromatic nitrogens is 3. The predicted octanol–water partition coefficient (Wildman–Crippen LogP) is 10.2. The Hall–Kier alpha value is -4.06. The van der Waals surface area contributed by atoms with Crippen LogP contribution in [0.15, 0.2) is 110 Å². The molecule has 0 unspecified atom stereocenters. The number of rotatable bonds is 7. The molecular formula is C34H27N3S2. The zero-order chi connectivity index (χ0) is 26.2. The lowest BCUT2D eigenvalue weighted by atomic mass is 10.1. The summed E-state index contributed by atoms with van der Waals surface area (Å²) in [5.74, 6) is 0. The summed E-state index contributed by atoms with van der Waals surface area (Å²) in [5.41, 5.74) is 7.59. The van der Waals surface area contributed by atoms with Crippen LogP contribution in [0.1, 0.15) is 19.8 Å². The molecule has 2 aromatic carbocycles. The Morgan fingerprint density at radius 2 is 0.974 bits per heavy atom. The van der Waals surface area contributed by atoms with Gasteiger partial charge in [-0.1, -0.05) is 25.5 Å². The van der Waals surface area contributed by atoms with Crippen molar-refractivity contribution in [1.29, 1.82) is 0 Å². The summed E-state index contributed by atoms with van der Waals surface area (Å²) >= 11 is 3.67. The van der Waals surface area contributed by atoms with Crippen molar-refractivity contribution in [3.63, 3.8) is 0 Å². The van der Waals surface area contributed by atoms with Crippen LogP contribution in [0.2, 0.25) is 0 Å². The highest BCUT2D eigenvalue weighted by atomic mass is 32.1. The Bertz CT molecular complexity index is 1760. The largest absolute Gasteiger partial charge is 0.340 e. The van der Waals surface area contributed by atoms with Crippen molar-refractivity contribution < 1.29 is 0 Å². The van der Waals surface area contributed by atoms with E-state index in [1.165, 1.54) is 76.4 Å². The van der Waals surface area contributed by atoms with Crippen LogP contribution in [0.25, 0.3) is 63.6 Å². The molecule has 0 fully saturated rings. The van der Waals surface area contributed by atoms with Crippen LogP contribution in [0.4, 0.5) is 0 Å². The molecule has 0 saturated carbocycles. The summed E-state index contributed by atoms with van der Waals surface area (Å²) in [4.78, 5) is 13.4. The molecule has 0 bridgehead atoms. The molecule has 7 rings (SSSR count). The number of aryl methyl sites for hydroxylation is 1. The van der Waals surface area contributed by atoms with E-state index in [4.69, 9.17) is 0 Å². The fourth-order valence-electron chi connectivity index (χ4n) is 5.30. The van der Waals surface area contributed by atoms with Crippen molar-refractivity contribution in [2.24, 2.45) is 0 Å². The molecule has 0 amide bonds. The predicted molar refractivity (Wildman–Crippen MR) is 167 cm³/mol. The highest BCUT2D eigenvalue weighted by molar-refractivity contribution is 7.19. The second-order valence-corrected chi connectivity index (χ2v) is 11.9. The van der Waals surface area contributed by atoms with Gasteiger partial charge in [-0.2, -0.15) is 0 Å². The van der Waals surface area contributed by atoms with Crippen molar-refractivity contribution in [2.45, 2.75) is 26.3 Å². The first-order valence-corrected chi connectivity index (χ1v) is 15.0. The number of unbranched alkanes of at least 4 members (excludes halogenated alkanes) is 1. The van der Waals surface area contributed by atoms with Crippen molar-refractivity contribution in [1.82, 2.24) is 14.5 Å². The quantitative estimate of drug-likeness (QED) is 0.201. The number of nitrogens with zero attached hydrogens (tertiary/aromatic N) is 3. The van der Waals surface area contributed by atoms with E-state index in [0.29, 0.717) is 0 Å². The maximum Gasteiger partial charge on any atom is 0.0491 e. The van der Waals surface area contributed by atoms with Crippen LogP contribution < -0.4 is 0 Å². The molecule has 0 aliphatic rings. The number of fused-ring (bicyclic) bond motifs is 3. The van der Waals surface area contributed by atoms with Gasteiger partial charge in [-0.15, -0.1) is 22.7 Å². The summed E-state index contributed by atoms with van der Waals surface area (Å²) in [6, 6.07) is 31.2. The Labute approximate surface area is 236 Å². The van der Waals surface area contributed by atoms with Crippen molar-refractivity contribution >= 4 is 44.5 Å². The van der Waals surface area contributed by atoms with Gasteiger partial charge in [-0.05, 0) is 101 Å². The van der Waals surface area contributed by atoms with Gasteiger partial charge in [0.15, 0.2) is 0 Å². The maximum absolute atomic E-state index is 4.17. The van der Waals surface area contributed by atoms with E-state index in [1.54, 1.807) is 0 Å². The van der Waals surface area contributed by atoms with E-state index in [0.717, 1.165) is 6.54 Å². The second-order valence-electron chi connectivity index (χ2n) is 9.77. The van der Waals surface area contributed by atoms with Gasteiger partial charge in [-0.25, -0.2) is 0 Å². The molecule has 0 atom stereocenters. The van der Waals surface area contributed by atoms with Gasteiger partial charge in [-0.3, -0.25) is 9.97 Å². The van der Waals surface area contributed by atoms with E-state index in [1.807, 2.05) is 47.5 Å². The first-order chi connectivity index (χ1) is 19.3. The normalized spacial score (nSPS) is 11.5. The van der Waals surface area contributed by atoms with E-state index in [-0.39, 0.29) is 0 Å². The molecule has 0 radical (unpaired) electrons. The summed E-state index contributed by atoms with van der Waals surface area (Å²) < 4.78 is 2.51. The summed E-state index contributed by atoms with van der Waals surface area (Å²) in [6.07, 6.45) is 9.78. The monoisotopic (exact) mass is 541 g/mol. The molecule has 0 aliphatic heterocycles. The lowest BCUT2D eigenvalue weighted by molar-refractivity contribution is 0.665. The van der Waals surface area contributed by atoms with E-state index in [9.17, 15) is 0 Å². The van der Waals surface area contributed by atoms with Gasteiger partial charge in [0.2, 0.25) is 0 Å². The number of thiophene rings is 2. The highest BCUT2D eigenvalue weighted by Crippen LogP contribution is 2.40. The van der Waals surface area contributed by atoms with Crippen LogP contribution in [-0.4, -0.2) is 14.5 Å². The first-order valence-electron chi connectivity index (χ1n) is 13.4. The highest BCUT2D eigenvalue weighted by Gasteiger charge is 2.15. The average molecular weight is 542 g/mol. The van der Waals surface area contributed by atoms with Crippen LogP contribution in [0.3, 0.4) is 0 Å². The SMILES string of the molecule is CCCCn1c2ccc(-c3ccc(-c4ccncc4)s3)cc2c2cc(-c3ccc(-c4ccncc4)s3)ccc21. The minimum atomic E-state index is 1.03. The fourth-order valence-corrected chi connectivity index (χ4v) is 7.31. The van der Waals surface area contributed by atoms with Gasteiger partial charge < -0.3 is 4.57 Å². The molecule has 0 aliphatic carbocycles. The molecule has 3 nitrogen and oxygen atoms in total. The second kappa shape index (κ2) is 10.3. The van der Waals surface area contributed by atoms with Gasteiger partial charge in [0.25, 0.3) is 0 Å². The van der Waals surface area contributed by atoms with Crippen molar-refractivity contribution in [3.05, 3.63) is 110 Å². The summed E-state index contributed by atoms with van der Waals surface area (Å²) in [7, 11) is 0. The number of pyridine rings is 2. The molecule has 0 N–H and O–H groups in total. The van der Waals surface area contributed by atoms with Gasteiger partial charge in [0.1, 0.15) is 0 Å². The van der Waals surface area contributed by atoms with Gasteiger partial charge in [0.05, 0.1) is 0 Å². The van der Waals surface area contributed by atoms with Gasteiger partial charge >= 0.3 is 0 Å². The lowest BCUT2D eigenvalue weighted by Gasteiger charge is -2.07. The van der Waals surface area contributed by atoms with Crippen LogP contribution >= 0.6 is 22.7 Å². The smallest absolute Gasteiger partial charge is 0.0491 e. The van der Waals surface area contributed by atoms with E-state index >= 15 is 0 Å². The first kappa shape index (κ1) is 24.0. The van der Waals surface area contributed by atoms with Gasteiger partial charge in [0, 0.05) is 72.6 Å². The molecule has 5 heteroatoms. The standard InChI is InChI=1S/C34H27N3S2/c1-2-3-20-37-29-6-4-25(33-10-8-31(38-33)23-12-16-35-17-13-23)21-27(29)28-22-26(5-7-30(28)37)34-11-9-32(39-34)24-14-18-36-19-15-24/h4-19,21-22H,2-3,20H2,1H3. The Morgan fingerprint density at radius 1 is 0.538 bits per heavy atom. The molecule has 7 aromatic rings. The summed E-state index contributed by atoms with van der Waals surface area (Å²) in [5, 5.41) is 2.65. The maximum atomic E-state index is 4.17. The van der Waals surface area contributed by atoms with Crippen LogP contribution in [0, 0.1) is 0 Å². The lowest BCUT2D eigenvalue weighted by Crippen LogP contribution is -1.96. The zero-order valence-electron chi connectivity index (χ0n) is 21.7. The van der Waals surface area contributed by atoms with Crippen LogP contribution in [-0.2, 0) is 6.54 Å². The van der Waals surface area contributed by atoms with E-state index in [2.05, 4.69) is 106 Å². The fraction of sp³-hybridized carbons (Fsp3) is 0.118. The van der Waals surface area contributed by atoms with E-state index < -0.39 is 0 Å². The molecule has 39 heavy (non-hydrogen) atoms. The number of hydrogen-bond acceptors (Lipinski definition) is 4.